The van der Waals surface area contributed by atoms with Crippen molar-refractivity contribution in [2.45, 2.75) is 0 Å². The van der Waals surface area contributed by atoms with E-state index in [1.54, 1.807) is 18.2 Å². The van der Waals surface area contributed by atoms with Gasteiger partial charge in [0.25, 0.3) is 11.8 Å². The molecule has 0 bridgehead atoms. The average Bonchev–Trinajstić information content (AvgIpc) is 2.51. The Morgan fingerprint density at radius 1 is 1.09 bits per heavy atom. The van der Waals surface area contributed by atoms with E-state index in [0.717, 1.165) is 16.6 Å². The van der Waals surface area contributed by atoms with E-state index in [0.29, 0.717) is 5.75 Å². The molecule has 0 unspecified atom stereocenters. The first-order valence-corrected chi connectivity index (χ1v) is 7.07. The van der Waals surface area contributed by atoms with Crippen LogP contribution < -0.4 is 15.6 Å². The van der Waals surface area contributed by atoms with Gasteiger partial charge < -0.3 is 4.74 Å². The van der Waals surface area contributed by atoms with Gasteiger partial charge in [-0.3, -0.25) is 20.4 Å². The quantitative estimate of drug-likeness (QED) is 0.816. The first kappa shape index (κ1) is 16.0. The van der Waals surface area contributed by atoms with Crippen LogP contribution in [0.5, 0.6) is 5.75 Å². The topological polar surface area (TPSA) is 67.4 Å². The van der Waals surface area contributed by atoms with Crippen molar-refractivity contribution in [3.63, 3.8) is 0 Å². The zero-order valence-corrected chi connectivity index (χ0v) is 12.9. The van der Waals surface area contributed by atoms with E-state index < -0.39 is 17.6 Å². The van der Waals surface area contributed by atoms with Crippen LogP contribution in [0.2, 0.25) is 0 Å². The molecule has 2 amide bonds. The number of hydrogen-bond acceptors (Lipinski definition) is 3. The Hall–Kier alpha value is -2.41. The molecule has 2 rings (SSSR count). The molecular formula is C15H12BrFN2O3. The van der Waals surface area contributed by atoms with Crippen LogP contribution in [0, 0.1) is 5.82 Å². The van der Waals surface area contributed by atoms with Crippen LogP contribution in [0.15, 0.2) is 53.0 Å². The lowest BCUT2D eigenvalue weighted by Gasteiger charge is -2.09. The van der Waals surface area contributed by atoms with Gasteiger partial charge in [0.05, 0.1) is 0 Å². The highest BCUT2D eigenvalue weighted by Crippen LogP contribution is 2.17. The number of amides is 2. The van der Waals surface area contributed by atoms with Crippen LogP contribution in [0.1, 0.15) is 10.4 Å². The Morgan fingerprint density at radius 2 is 1.82 bits per heavy atom. The van der Waals surface area contributed by atoms with Crippen molar-refractivity contribution in [1.82, 2.24) is 10.9 Å². The normalized spacial score (nSPS) is 9.91. The number of carbonyl (C=O) groups is 2. The molecule has 0 heterocycles. The first-order valence-electron chi connectivity index (χ1n) is 6.28. The van der Waals surface area contributed by atoms with Crippen molar-refractivity contribution in [2.75, 3.05) is 6.61 Å². The third-order valence-electron chi connectivity index (χ3n) is 2.59. The van der Waals surface area contributed by atoms with Crippen molar-refractivity contribution in [1.29, 1.82) is 0 Å². The van der Waals surface area contributed by atoms with E-state index in [2.05, 4.69) is 26.8 Å². The molecule has 0 atom stereocenters. The minimum absolute atomic E-state index is 0.231. The lowest BCUT2D eigenvalue weighted by atomic mass is 10.2. The SMILES string of the molecule is O=C(COc1cccc(Br)c1)NNC(=O)c1ccc(F)cc1. The van der Waals surface area contributed by atoms with E-state index in [9.17, 15) is 14.0 Å². The minimum Gasteiger partial charge on any atom is -0.484 e. The predicted molar refractivity (Wildman–Crippen MR) is 81.6 cm³/mol. The molecule has 114 valence electrons. The maximum Gasteiger partial charge on any atom is 0.276 e. The summed E-state index contributed by atoms with van der Waals surface area (Å²) >= 11 is 3.29. The van der Waals surface area contributed by atoms with Crippen molar-refractivity contribution in [3.05, 3.63) is 64.4 Å². The number of hydrazine groups is 1. The highest BCUT2D eigenvalue weighted by Gasteiger charge is 2.08. The van der Waals surface area contributed by atoms with Gasteiger partial charge in [-0.1, -0.05) is 22.0 Å². The van der Waals surface area contributed by atoms with Crippen molar-refractivity contribution < 1.29 is 18.7 Å². The predicted octanol–water partition coefficient (Wildman–Crippen LogP) is 2.43. The second-order valence-electron chi connectivity index (χ2n) is 4.26. The second-order valence-corrected chi connectivity index (χ2v) is 5.17. The molecule has 0 aliphatic heterocycles. The molecule has 0 aliphatic rings. The van der Waals surface area contributed by atoms with Crippen LogP contribution in [-0.2, 0) is 4.79 Å². The first-order chi connectivity index (χ1) is 10.5. The summed E-state index contributed by atoms with van der Waals surface area (Å²) in [6, 6.07) is 12.0. The van der Waals surface area contributed by atoms with Gasteiger partial charge in [-0.2, -0.15) is 0 Å². The maximum atomic E-state index is 12.7. The molecule has 2 aromatic carbocycles. The summed E-state index contributed by atoms with van der Waals surface area (Å²) < 4.78 is 18.8. The Labute approximate surface area is 134 Å². The smallest absolute Gasteiger partial charge is 0.276 e. The van der Waals surface area contributed by atoms with E-state index in [-0.39, 0.29) is 12.2 Å². The van der Waals surface area contributed by atoms with Crippen LogP contribution in [0.3, 0.4) is 0 Å². The standard InChI is InChI=1S/C15H12BrFN2O3/c16-11-2-1-3-13(8-11)22-9-14(20)18-19-15(21)10-4-6-12(17)7-5-10/h1-8H,9H2,(H,18,20)(H,19,21). The lowest BCUT2D eigenvalue weighted by molar-refractivity contribution is -0.123. The average molecular weight is 367 g/mol. The molecule has 0 saturated heterocycles. The fourth-order valence-corrected chi connectivity index (χ4v) is 1.92. The maximum absolute atomic E-state index is 12.7. The van der Waals surface area contributed by atoms with Gasteiger partial charge in [-0.05, 0) is 42.5 Å². The molecule has 5 nitrogen and oxygen atoms in total. The summed E-state index contributed by atoms with van der Waals surface area (Å²) in [5, 5.41) is 0. The monoisotopic (exact) mass is 366 g/mol. The molecule has 0 fully saturated rings. The van der Waals surface area contributed by atoms with Crippen LogP contribution in [0.25, 0.3) is 0 Å². The second kappa shape index (κ2) is 7.56. The number of rotatable bonds is 4. The number of nitrogens with one attached hydrogen (secondary N) is 2. The Balaban J connectivity index is 1.78. The minimum atomic E-state index is -0.546. The molecule has 0 aliphatic carbocycles. The van der Waals surface area contributed by atoms with Crippen LogP contribution in [0.4, 0.5) is 4.39 Å². The molecule has 22 heavy (non-hydrogen) atoms. The van der Waals surface area contributed by atoms with Gasteiger partial charge >= 0.3 is 0 Å². The molecular weight excluding hydrogens is 355 g/mol. The van der Waals surface area contributed by atoms with Crippen LogP contribution >= 0.6 is 15.9 Å². The summed E-state index contributed by atoms with van der Waals surface area (Å²) in [7, 11) is 0. The number of benzene rings is 2. The molecule has 0 radical (unpaired) electrons. The molecule has 2 aromatic rings. The third kappa shape index (κ3) is 4.85. The summed E-state index contributed by atoms with van der Waals surface area (Å²) in [5.41, 5.74) is 4.66. The Morgan fingerprint density at radius 3 is 2.50 bits per heavy atom. The van der Waals surface area contributed by atoms with E-state index in [1.165, 1.54) is 12.1 Å². The largest absolute Gasteiger partial charge is 0.484 e. The zero-order valence-electron chi connectivity index (χ0n) is 11.3. The van der Waals surface area contributed by atoms with Gasteiger partial charge in [0.15, 0.2) is 6.61 Å². The molecule has 0 spiro atoms. The highest BCUT2D eigenvalue weighted by molar-refractivity contribution is 9.10. The summed E-state index contributed by atoms with van der Waals surface area (Å²) in [5.74, 6) is -0.983. The zero-order chi connectivity index (χ0) is 15.9. The van der Waals surface area contributed by atoms with E-state index >= 15 is 0 Å². The van der Waals surface area contributed by atoms with Gasteiger partial charge in [-0.25, -0.2) is 4.39 Å². The van der Waals surface area contributed by atoms with Crippen LogP contribution in [-0.4, -0.2) is 18.4 Å². The number of ether oxygens (including phenoxy) is 1. The number of carbonyl (C=O) groups excluding carboxylic acids is 2. The Bertz CT molecular complexity index is 677. The van der Waals surface area contributed by atoms with Crippen molar-refractivity contribution >= 4 is 27.7 Å². The molecule has 0 aromatic heterocycles. The third-order valence-corrected chi connectivity index (χ3v) is 3.08. The van der Waals surface area contributed by atoms with Gasteiger partial charge in [0, 0.05) is 10.0 Å². The van der Waals surface area contributed by atoms with Gasteiger partial charge in [0.2, 0.25) is 0 Å². The van der Waals surface area contributed by atoms with E-state index in [1.807, 2.05) is 6.07 Å². The fourth-order valence-electron chi connectivity index (χ4n) is 1.54. The fraction of sp³-hybridized carbons (Fsp3) is 0.0667. The Kier molecular flexibility index (Phi) is 5.48. The van der Waals surface area contributed by atoms with Gasteiger partial charge in [-0.15, -0.1) is 0 Å². The number of halogens is 2. The summed E-state index contributed by atoms with van der Waals surface area (Å²) in [6.07, 6.45) is 0. The highest BCUT2D eigenvalue weighted by atomic mass is 79.9. The molecule has 0 saturated carbocycles. The van der Waals surface area contributed by atoms with Crippen molar-refractivity contribution in [2.24, 2.45) is 0 Å². The van der Waals surface area contributed by atoms with Gasteiger partial charge in [0.1, 0.15) is 11.6 Å². The summed E-state index contributed by atoms with van der Waals surface area (Å²) in [4.78, 5) is 23.3. The van der Waals surface area contributed by atoms with E-state index in [4.69, 9.17) is 4.74 Å². The van der Waals surface area contributed by atoms with Crippen molar-refractivity contribution in [3.8, 4) is 5.75 Å². The molecule has 7 heteroatoms. The molecule has 2 N–H and O–H groups in total. The lowest BCUT2D eigenvalue weighted by Crippen LogP contribution is -2.43. The number of hydrogen-bond donors (Lipinski definition) is 2. The summed E-state index contributed by atoms with van der Waals surface area (Å²) in [6.45, 7) is -0.250.